The van der Waals surface area contributed by atoms with Gasteiger partial charge in [-0.1, -0.05) is 0 Å². The van der Waals surface area contributed by atoms with Crippen molar-refractivity contribution in [3.63, 3.8) is 0 Å². The Morgan fingerprint density at radius 2 is 0.706 bits per heavy atom. The van der Waals surface area contributed by atoms with Gasteiger partial charge in [-0.15, -0.1) is 0 Å². The predicted octanol–water partition coefficient (Wildman–Crippen LogP) is 0.786. The van der Waals surface area contributed by atoms with Gasteiger partial charge in [0.2, 0.25) is 0 Å². The molecule has 0 saturated heterocycles. The van der Waals surface area contributed by atoms with E-state index in [1.165, 1.54) is 0 Å². The molecule has 1 radical (unpaired) electrons. The predicted molar refractivity (Wildman–Crippen MR) is 35.2 cm³/mol. The fourth-order valence-electron chi connectivity index (χ4n) is 0. The molecule has 17 heavy (non-hydrogen) atoms. The quantitative estimate of drug-likeness (QED) is 0.288. The van der Waals surface area contributed by atoms with Crippen molar-refractivity contribution in [3.8, 4) is 0 Å². The third kappa shape index (κ3) is 9.61. The zero-order chi connectivity index (χ0) is 14.0. The van der Waals surface area contributed by atoms with E-state index in [-0.39, 0.29) is 17.1 Å². The topological polar surface area (TPSA) is 109 Å². The molecule has 0 aliphatic rings. The Kier molecular flexibility index (Phi) is 8.06. The van der Waals surface area contributed by atoms with E-state index in [0.29, 0.717) is 0 Å². The van der Waals surface area contributed by atoms with Crippen molar-refractivity contribution in [2.24, 2.45) is 0 Å². The van der Waals surface area contributed by atoms with Crippen molar-refractivity contribution in [2.75, 3.05) is 0 Å². The molecule has 0 aromatic rings. The molecule has 0 aromatic carbocycles. The Morgan fingerprint density at radius 1 is 0.647 bits per heavy atom. The summed E-state index contributed by atoms with van der Waals surface area (Å²) in [7, 11) is -11.7. The zero-order valence-corrected chi connectivity index (χ0v) is 9.80. The molecule has 0 saturated carbocycles. The van der Waals surface area contributed by atoms with E-state index >= 15 is 0 Å². The van der Waals surface area contributed by atoms with Gasteiger partial charge in [0.15, 0.2) is 0 Å². The summed E-state index contributed by atoms with van der Waals surface area (Å²) in [5.41, 5.74) is -11.1. The summed E-state index contributed by atoms with van der Waals surface area (Å²) in [6.07, 6.45) is 0. The molecule has 6 nitrogen and oxygen atoms in total. The molecule has 0 heterocycles. The summed E-state index contributed by atoms with van der Waals surface area (Å²) in [5, 5.41) is 0. The fraction of sp³-hybridized carbons (Fsp3) is 1.00. The molecule has 0 bridgehead atoms. The van der Waals surface area contributed by atoms with Crippen LogP contribution in [0.2, 0.25) is 0 Å². The van der Waals surface area contributed by atoms with Crippen LogP contribution in [0.5, 0.6) is 0 Å². The maximum atomic E-state index is 10.7. The zero-order valence-electron chi connectivity index (χ0n) is 6.99. The Labute approximate surface area is 101 Å². The standard InChI is InChI=1S/2CHF3O3S.Mn/c2*2-1(3,4)8(5,6)7;/h2*(H,5,6,7);. The van der Waals surface area contributed by atoms with E-state index < -0.39 is 31.3 Å². The average molecular weight is 355 g/mol. The molecule has 107 valence electrons. The summed E-state index contributed by atoms with van der Waals surface area (Å²) in [6.45, 7) is 0. The van der Waals surface area contributed by atoms with Crippen LogP contribution in [0, 0.1) is 0 Å². The van der Waals surface area contributed by atoms with Crippen molar-refractivity contribution in [3.05, 3.63) is 0 Å². The molecule has 0 atom stereocenters. The van der Waals surface area contributed by atoms with E-state index in [1.807, 2.05) is 0 Å². The van der Waals surface area contributed by atoms with Crippen molar-refractivity contribution < 1.29 is 69.4 Å². The first-order chi connectivity index (χ1) is 6.50. The fourth-order valence-corrected chi connectivity index (χ4v) is 0. The summed E-state index contributed by atoms with van der Waals surface area (Å²) in [5.74, 6) is 0. The molecule has 15 heteroatoms. The van der Waals surface area contributed by atoms with Gasteiger partial charge in [-0.05, 0) is 0 Å². The number of alkyl halides is 6. The number of halogens is 6. The minimum absolute atomic E-state index is 0. The summed E-state index contributed by atoms with van der Waals surface area (Å²) < 4.78 is 115. The first kappa shape index (κ1) is 22.1. The molecule has 0 aliphatic carbocycles. The third-order valence-corrected chi connectivity index (χ3v) is 1.75. The van der Waals surface area contributed by atoms with Gasteiger partial charge in [-0.25, -0.2) is 0 Å². The second kappa shape index (κ2) is 6.19. The van der Waals surface area contributed by atoms with Crippen LogP contribution in [0.3, 0.4) is 0 Å². The van der Waals surface area contributed by atoms with E-state index in [9.17, 15) is 26.3 Å². The summed E-state index contributed by atoms with van der Waals surface area (Å²) in [4.78, 5) is 0. The maximum Gasteiger partial charge on any atom is 0.522 e. The van der Waals surface area contributed by atoms with Crippen LogP contribution >= 0.6 is 0 Å². The van der Waals surface area contributed by atoms with E-state index in [2.05, 4.69) is 0 Å². The van der Waals surface area contributed by atoms with E-state index in [0.717, 1.165) is 0 Å². The van der Waals surface area contributed by atoms with Gasteiger partial charge in [-0.2, -0.15) is 43.2 Å². The van der Waals surface area contributed by atoms with E-state index in [1.54, 1.807) is 0 Å². The summed E-state index contributed by atoms with van der Waals surface area (Å²) >= 11 is 0. The van der Waals surface area contributed by atoms with Gasteiger partial charge in [0.05, 0.1) is 0 Å². The van der Waals surface area contributed by atoms with Crippen molar-refractivity contribution in [2.45, 2.75) is 11.0 Å². The van der Waals surface area contributed by atoms with Gasteiger partial charge in [-0.3, -0.25) is 9.11 Å². The summed E-state index contributed by atoms with van der Waals surface area (Å²) in [6, 6.07) is 0. The normalized spacial score (nSPS) is 13.2. The Hall–Kier alpha value is -0.0805. The minimum atomic E-state index is -5.84. The van der Waals surface area contributed by atoms with Crippen molar-refractivity contribution in [1.29, 1.82) is 0 Å². The van der Waals surface area contributed by atoms with Crippen LogP contribution in [-0.2, 0) is 37.3 Å². The van der Waals surface area contributed by atoms with Crippen LogP contribution in [0.25, 0.3) is 0 Å². The molecule has 0 amide bonds. The first-order valence-electron chi connectivity index (χ1n) is 2.57. The van der Waals surface area contributed by atoms with Crippen LogP contribution in [0.15, 0.2) is 0 Å². The van der Waals surface area contributed by atoms with Crippen LogP contribution in [0.4, 0.5) is 26.3 Å². The molecular formula is C2H2F6MnO6S2. The molecule has 0 spiro atoms. The smallest absolute Gasteiger partial charge is 0.279 e. The molecule has 0 fully saturated rings. The number of hydrogen-bond donors (Lipinski definition) is 2. The molecule has 0 rings (SSSR count). The van der Waals surface area contributed by atoms with Gasteiger partial charge >= 0.3 is 31.3 Å². The number of rotatable bonds is 0. The van der Waals surface area contributed by atoms with Crippen LogP contribution in [-0.4, -0.2) is 37.0 Å². The molecule has 0 unspecified atom stereocenters. The first-order valence-corrected chi connectivity index (χ1v) is 5.45. The molecule has 0 aliphatic heterocycles. The van der Waals surface area contributed by atoms with Crippen LogP contribution < -0.4 is 0 Å². The van der Waals surface area contributed by atoms with Gasteiger partial charge in [0.25, 0.3) is 0 Å². The van der Waals surface area contributed by atoms with Crippen molar-refractivity contribution >= 4 is 20.2 Å². The molecular weight excluding hydrogens is 353 g/mol. The van der Waals surface area contributed by atoms with Crippen molar-refractivity contribution in [1.82, 2.24) is 0 Å². The van der Waals surface area contributed by atoms with E-state index in [4.69, 9.17) is 25.9 Å². The minimum Gasteiger partial charge on any atom is -0.279 e. The molecule has 0 aromatic heterocycles. The third-order valence-electron chi connectivity index (χ3n) is 0.585. The number of hydrogen-bond acceptors (Lipinski definition) is 4. The largest absolute Gasteiger partial charge is 0.522 e. The SMILES string of the molecule is O=S(=O)(O)C(F)(F)F.O=S(=O)(O)C(F)(F)F.[Mn]. The molecule has 2 N–H and O–H groups in total. The second-order valence-electron chi connectivity index (χ2n) is 1.84. The van der Waals surface area contributed by atoms with Crippen LogP contribution in [0.1, 0.15) is 0 Å². The Morgan fingerprint density at radius 3 is 0.706 bits per heavy atom. The second-order valence-corrected chi connectivity index (χ2v) is 4.67. The Bertz CT molecular complexity index is 374. The average Bonchev–Trinajstić information content (AvgIpc) is 1.77. The maximum absolute atomic E-state index is 10.7. The van der Waals surface area contributed by atoms with Gasteiger partial charge < -0.3 is 0 Å². The van der Waals surface area contributed by atoms with Gasteiger partial charge in [0, 0.05) is 17.1 Å². The van der Waals surface area contributed by atoms with Gasteiger partial charge in [0.1, 0.15) is 0 Å². The Balaban J connectivity index is -0.000000218. The monoisotopic (exact) mass is 355 g/mol.